The minimum atomic E-state index is -0.0415. The molecule has 0 radical (unpaired) electrons. The third-order valence-corrected chi connectivity index (χ3v) is 4.77. The highest BCUT2D eigenvalue weighted by atomic mass is 16.1. The van der Waals surface area contributed by atoms with Gasteiger partial charge in [-0.3, -0.25) is 4.79 Å². The zero-order chi connectivity index (χ0) is 17.2. The van der Waals surface area contributed by atoms with Crippen molar-refractivity contribution in [2.24, 2.45) is 0 Å². The Kier molecular flexibility index (Phi) is 4.14. The number of imidazole rings is 1. The highest BCUT2D eigenvalue weighted by molar-refractivity contribution is 5.92. The van der Waals surface area contributed by atoms with E-state index in [2.05, 4.69) is 27.3 Å². The Hall–Kier alpha value is -2.82. The molecule has 0 atom stereocenters. The maximum atomic E-state index is 12.4. The van der Waals surface area contributed by atoms with Crippen molar-refractivity contribution in [2.45, 2.75) is 26.3 Å². The number of hydrogen-bond donors (Lipinski definition) is 1. The molecule has 0 saturated carbocycles. The van der Waals surface area contributed by atoms with Crippen molar-refractivity contribution in [3.63, 3.8) is 0 Å². The van der Waals surface area contributed by atoms with Crippen LogP contribution in [-0.4, -0.2) is 28.5 Å². The first kappa shape index (κ1) is 15.7. The second kappa shape index (κ2) is 6.59. The Morgan fingerprint density at radius 3 is 2.56 bits per heavy atom. The maximum Gasteiger partial charge on any atom is 0.244 e. The van der Waals surface area contributed by atoms with Gasteiger partial charge in [0, 0.05) is 24.5 Å². The second-order valence-electron chi connectivity index (χ2n) is 6.52. The average molecular weight is 334 g/mol. The number of para-hydroxylation sites is 2. The van der Waals surface area contributed by atoms with Crippen LogP contribution in [0.1, 0.15) is 18.7 Å². The fraction of sp³-hybridized carbons (Fsp3) is 0.300. The number of hydrogen-bond acceptors (Lipinski definition) is 3. The van der Waals surface area contributed by atoms with Crippen LogP contribution in [0.3, 0.4) is 0 Å². The maximum absolute atomic E-state index is 12.4. The van der Waals surface area contributed by atoms with Crippen molar-refractivity contribution in [2.75, 3.05) is 23.3 Å². The van der Waals surface area contributed by atoms with Gasteiger partial charge in [-0.2, -0.15) is 0 Å². The van der Waals surface area contributed by atoms with Crippen LogP contribution in [0.4, 0.5) is 11.4 Å². The van der Waals surface area contributed by atoms with Crippen molar-refractivity contribution in [3.8, 4) is 0 Å². The topological polar surface area (TPSA) is 50.2 Å². The molecule has 1 saturated heterocycles. The van der Waals surface area contributed by atoms with Gasteiger partial charge in [-0.05, 0) is 56.2 Å². The van der Waals surface area contributed by atoms with E-state index < -0.39 is 0 Å². The average Bonchev–Trinajstić information content (AvgIpc) is 3.25. The van der Waals surface area contributed by atoms with Gasteiger partial charge in [0.15, 0.2) is 0 Å². The van der Waals surface area contributed by atoms with Gasteiger partial charge in [0.2, 0.25) is 5.91 Å². The Bertz CT molecular complexity index is 892. The molecule has 2 aromatic carbocycles. The van der Waals surface area contributed by atoms with Gasteiger partial charge in [0.25, 0.3) is 0 Å². The van der Waals surface area contributed by atoms with Crippen molar-refractivity contribution >= 4 is 28.3 Å². The van der Waals surface area contributed by atoms with E-state index in [9.17, 15) is 4.79 Å². The smallest absolute Gasteiger partial charge is 0.244 e. The number of fused-ring (bicyclic) bond motifs is 1. The van der Waals surface area contributed by atoms with Crippen molar-refractivity contribution in [3.05, 3.63) is 54.4 Å². The molecule has 1 fully saturated rings. The van der Waals surface area contributed by atoms with Gasteiger partial charge in [-0.15, -0.1) is 0 Å². The molecule has 1 N–H and O–H groups in total. The molecule has 25 heavy (non-hydrogen) atoms. The van der Waals surface area contributed by atoms with E-state index in [0.717, 1.165) is 35.6 Å². The molecule has 0 spiro atoms. The predicted molar refractivity (Wildman–Crippen MR) is 101 cm³/mol. The number of nitrogens with zero attached hydrogens (tertiary/aromatic N) is 3. The molecule has 3 aromatic rings. The molecule has 1 aromatic heterocycles. The number of amides is 1. The van der Waals surface area contributed by atoms with E-state index in [0.29, 0.717) is 0 Å². The number of aromatic nitrogens is 2. The molecule has 1 aliphatic rings. The van der Waals surface area contributed by atoms with E-state index in [1.54, 1.807) is 0 Å². The first-order chi connectivity index (χ1) is 12.2. The van der Waals surface area contributed by atoms with Crippen LogP contribution in [0, 0.1) is 6.92 Å². The third kappa shape index (κ3) is 3.22. The summed E-state index contributed by atoms with van der Waals surface area (Å²) in [6, 6.07) is 16.0. The van der Waals surface area contributed by atoms with E-state index in [1.165, 1.54) is 18.5 Å². The van der Waals surface area contributed by atoms with Crippen LogP contribution in [-0.2, 0) is 11.3 Å². The molecule has 128 valence electrons. The normalized spacial score (nSPS) is 14.2. The van der Waals surface area contributed by atoms with Gasteiger partial charge in [0.1, 0.15) is 12.4 Å². The van der Waals surface area contributed by atoms with Gasteiger partial charge < -0.3 is 14.8 Å². The summed E-state index contributed by atoms with van der Waals surface area (Å²) in [7, 11) is 0. The summed E-state index contributed by atoms with van der Waals surface area (Å²) in [4.78, 5) is 19.3. The van der Waals surface area contributed by atoms with Crippen molar-refractivity contribution in [1.82, 2.24) is 9.55 Å². The minimum absolute atomic E-state index is 0.0415. The fourth-order valence-corrected chi connectivity index (χ4v) is 3.47. The quantitative estimate of drug-likeness (QED) is 0.793. The van der Waals surface area contributed by atoms with Gasteiger partial charge in [-0.25, -0.2) is 4.98 Å². The molecule has 1 aliphatic heterocycles. The summed E-state index contributed by atoms with van der Waals surface area (Å²) >= 11 is 0. The molecule has 0 aliphatic carbocycles. The van der Waals surface area contributed by atoms with Crippen molar-refractivity contribution < 1.29 is 4.79 Å². The van der Waals surface area contributed by atoms with Crippen molar-refractivity contribution in [1.29, 1.82) is 0 Å². The van der Waals surface area contributed by atoms with Crippen LogP contribution in [0.15, 0.2) is 48.5 Å². The van der Waals surface area contributed by atoms with Gasteiger partial charge >= 0.3 is 0 Å². The Morgan fingerprint density at radius 1 is 1.08 bits per heavy atom. The lowest BCUT2D eigenvalue weighted by molar-refractivity contribution is -0.116. The first-order valence-corrected chi connectivity index (χ1v) is 8.77. The largest absolute Gasteiger partial charge is 0.372 e. The lowest BCUT2D eigenvalue weighted by atomic mass is 10.2. The highest BCUT2D eigenvalue weighted by Crippen LogP contribution is 2.22. The number of carbonyl (C=O) groups is 1. The van der Waals surface area contributed by atoms with Crippen LogP contribution in [0.25, 0.3) is 11.0 Å². The third-order valence-electron chi connectivity index (χ3n) is 4.77. The summed E-state index contributed by atoms with van der Waals surface area (Å²) in [6.07, 6.45) is 2.52. The zero-order valence-corrected chi connectivity index (χ0v) is 14.4. The number of aryl methyl sites for hydroxylation is 1. The lowest BCUT2D eigenvalue weighted by Gasteiger charge is -2.17. The summed E-state index contributed by atoms with van der Waals surface area (Å²) < 4.78 is 1.95. The first-order valence-electron chi connectivity index (χ1n) is 8.77. The molecular weight excluding hydrogens is 312 g/mol. The molecule has 4 rings (SSSR count). The van der Waals surface area contributed by atoms with Crippen LogP contribution in [0.2, 0.25) is 0 Å². The molecule has 1 amide bonds. The Morgan fingerprint density at radius 2 is 1.80 bits per heavy atom. The fourth-order valence-electron chi connectivity index (χ4n) is 3.47. The van der Waals surface area contributed by atoms with E-state index in [-0.39, 0.29) is 12.5 Å². The molecule has 0 unspecified atom stereocenters. The zero-order valence-electron chi connectivity index (χ0n) is 14.4. The monoisotopic (exact) mass is 334 g/mol. The van der Waals surface area contributed by atoms with E-state index in [1.807, 2.05) is 47.9 Å². The second-order valence-corrected chi connectivity index (χ2v) is 6.52. The van der Waals surface area contributed by atoms with Crippen LogP contribution < -0.4 is 10.2 Å². The number of anilines is 2. The molecular formula is C20H22N4O. The molecule has 5 nitrogen and oxygen atoms in total. The summed E-state index contributed by atoms with van der Waals surface area (Å²) in [5, 5.41) is 2.98. The Labute approximate surface area is 147 Å². The summed E-state index contributed by atoms with van der Waals surface area (Å²) in [5.41, 5.74) is 3.96. The highest BCUT2D eigenvalue weighted by Gasteiger charge is 2.13. The number of benzene rings is 2. The SMILES string of the molecule is Cc1nc2ccccc2n1CC(=O)Nc1ccc(N2CCCC2)cc1. The molecule has 0 bridgehead atoms. The predicted octanol–water partition coefficient (Wildman–Crippen LogP) is 3.58. The standard InChI is InChI=1S/C20H22N4O/c1-15-21-18-6-2-3-7-19(18)24(15)14-20(25)22-16-8-10-17(11-9-16)23-12-4-5-13-23/h2-3,6-11H,4-5,12-14H2,1H3,(H,22,25). The number of carbonyl (C=O) groups excluding carboxylic acids is 1. The summed E-state index contributed by atoms with van der Waals surface area (Å²) in [6.45, 7) is 4.44. The van der Waals surface area contributed by atoms with E-state index >= 15 is 0 Å². The molecule has 5 heteroatoms. The Balaban J connectivity index is 1.45. The van der Waals surface area contributed by atoms with Gasteiger partial charge in [0.05, 0.1) is 11.0 Å². The van der Waals surface area contributed by atoms with Crippen LogP contribution >= 0.6 is 0 Å². The number of rotatable bonds is 4. The minimum Gasteiger partial charge on any atom is -0.372 e. The molecule has 2 heterocycles. The lowest BCUT2D eigenvalue weighted by Crippen LogP contribution is -2.20. The van der Waals surface area contributed by atoms with Gasteiger partial charge in [-0.1, -0.05) is 12.1 Å². The van der Waals surface area contributed by atoms with E-state index in [4.69, 9.17) is 0 Å². The number of nitrogens with one attached hydrogen (secondary N) is 1. The summed E-state index contributed by atoms with van der Waals surface area (Å²) in [5.74, 6) is 0.806. The van der Waals surface area contributed by atoms with Crippen LogP contribution in [0.5, 0.6) is 0 Å².